The lowest BCUT2D eigenvalue weighted by Crippen LogP contribution is -2.10. The molecule has 0 aromatic heterocycles. The average molecular weight is 228 g/mol. The number of nitrogens with two attached hydrogens (primary N) is 1. The van der Waals surface area contributed by atoms with Crippen LogP contribution in [0.2, 0.25) is 0 Å². The number of phenols is 1. The number of hydrogen-bond donors (Lipinski definition) is 2. The van der Waals surface area contributed by atoms with E-state index in [4.69, 9.17) is 5.73 Å². The molecule has 0 amide bonds. The molecular weight excluding hydrogens is 210 g/mol. The van der Waals surface area contributed by atoms with Crippen LogP contribution in [0.15, 0.2) is 30.9 Å². The smallest absolute Gasteiger partial charge is 0.120 e. The van der Waals surface area contributed by atoms with Crippen molar-refractivity contribution in [3.63, 3.8) is 0 Å². The summed E-state index contributed by atoms with van der Waals surface area (Å²) in [5.41, 5.74) is 7.89. The fourth-order valence-corrected chi connectivity index (χ4v) is 1.42. The zero-order chi connectivity index (χ0) is 10.6. The van der Waals surface area contributed by atoms with Gasteiger partial charge in [0.05, 0.1) is 0 Å². The lowest BCUT2D eigenvalue weighted by atomic mass is 10.00. The summed E-state index contributed by atoms with van der Waals surface area (Å²) in [6.45, 7) is 5.64. The van der Waals surface area contributed by atoms with E-state index in [1.807, 2.05) is 25.1 Å². The van der Waals surface area contributed by atoms with E-state index in [1.54, 1.807) is 6.07 Å². The van der Waals surface area contributed by atoms with Crippen LogP contribution in [0.5, 0.6) is 5.75 Å². The summed E-state index contributed by atoms with van der Waals surface area (Å²) in [7, 11) is 0. The van der Waals surface area contributed by atoms with Crippen molar-refractivity contribution in [2.24, 2.45) is 5.73 Å². The van der Waals surface area contributed by atoms with Crippen molar-refractivity contribution in [1.82, 2.24) is 0 Å². The quantitative estimate of drug-likeness (QED) is 0.777. The van der Waals surface area contributed by atoms with Crippen LogP contribution in [0.1, 0.15) is 30.0 Å². The Hall–Kier alpha value is -0.990. The van der Waals surface area contributed by atoms with Gasteiger partial charge in [-0.25, -0.2) is 0 Å². The van der Waals surface area contributed by atoms with E-state index in [-0.39, 0.29) is 24.2 Å². The number of aryl methyl sites for hydroxylation is 1. The van der Waals surface area contributed by atoms with Gasteiger partial charge >= 0.3 is 0 Å². The first-order chi connectivity index (χ1) is 6.65. The molecule has 2 nitrogen and oxygen atoms in total. The van der Waals surface area contributed by atoms with Crippen molar-refractivity contribution in [2.45, 2.75) is 25.8 Å². The number of halogens is 1. The number of hydrogen-bond acceptors (Lipinski definition) is 2. The largest absolute Gasteiger partial charge is 0.508 e. The molecule has 0 radical (unpaired) electrons. The first-order valence-electron chi connectivity index (χ1n) is 4.81. The minimum absolute atomic E-state index is 0. The average Bonchev–Trinajstić information content (AvgIpc) is 2.18. The Kier molecular flexibility index (Phi) is 6.06. The van der Waals surface area contributed by atoms with E-state index in [9.17, 15) is 5.11 Å². The fourth-order valence-electron chi connectivity index (χ4n) is 1.42. The molecule has 0 bridgehead atoms. The van der Waals surface area contributed by atoms with E-state index in [0.717, 1.165) is 24.0 Å². The number of aromatic hydroxyl groups is 1. The molecule has 0 aliphatic rings. The Balaban J connectivity index is 0.00000196. The van der Waals surface area contributed by atoms with Crippen molar-refractivity contribution in [1.29, 1.82) is 0 Å². The van der Waals surface area contributed by atoms with Crippen LogP contribution in [-0.4, -0.2) is 5.11 Å². The third-order valence-corrected chi connectivity index (χ3v) is 2.26. The number of benzene rings is 1. The van der Waals surface area contributed by atoms with E-state index >= 15 is 0 Å². The summed E-state index contributed by atoms with van der Waals surface area (Å²) >= 11 is 0. The standard InChI is InChI=1S/C12H17NO.ClH/c1-3-4-5-11(13)10-8-9(2)6-7-12(10)14;/h3,6-8,11,14H,1,4-5,13H2,2H3;1H/t11-;/m1./s1. The fraction of sp³-hybridized carbons (Fsp3) is 0.333. The maximum Gasteiger partial charge on any atom is 0.120 e. The highest BCUT2D eigenvalue weighted by molar-refractivity contribution is 5.85. The molecule has 3 N–H and O–H groups in total. The van der Waals surface area contributed by atoms with Crippen LogP contribution in [0, 0.1) is 6.92 Å². The predicted octanol–water partition coefficient (Wildman–Crippen LogP) is 3.09. The maximum atomic E-state index is 9.60. The van der Waals surface area contributed by atoms with Gasteiger partial charge in [0, 0.05) is 11.6 Å². The summed E-state index contributed by atoms with van der Waals surface area (Å²) in [6, 6.07) is 5.40. The van der Waals surface area contributed by atoms with Crippen molar-refractivity contribution in [3.05, 3.63) is 42.0 Å². The molecule has 0 heterocycles. The number of rotatable bonds is 4. The molecule has 1 rings (SSSR count). The normalized spacial score (nSPS) is 11.6. The Bertz CT molecular complexity index is 325. The molecule has 0 unspecified atom stereocenters. The molecule has 1 atom stereocenters. The highest BCUT2D eigenvalue weighted by Crippen LogP contribution is 2.26. The summed E-state index contributed by atoms with van der Waals surface area (Å²) < 4.78 is 0. The Morgan fingerprint density at radius 2 is 2.20 bits per heavy atom. The van der Waals surface area contributed by atoms with Gasteiger partial charge in [-0.3, -0.25) is 0 Å². The highest BCUT2D eigenvalue weighted by atomic mass is 35.5. The van der Waals surface area contributed by atoms with Gasteiger partial charge in [-0.2, -0.15) is 0 Å². The maximum absolute atomic E-state index is 9.60. The number of allylic oxidation sites excluding steroid dienone is 1. The van der Waals surface area contributed by atoms with Gasteiger partial charge in [-0.1, -0.05) is 23.8 Å². The lowest BCUT2D eigenvalue weighted by Gasteiger charge is -2.13. The Morgan fingerprint density at radius 1 is 1.53 bits per heavy atom. The highest BCUT2D eigenvalue weighted by Gasteiger charge is 2.09. The van der Waals surface area contributed by atoms with Crippen LogP contribution < -0.4 is 5.73 Å². The summed E-state index contributed by atoms with van der Waals surface area (Å²) in [6.07, 6.45) is 3.53. The second-order valence-electron chi connectivity index (χ2n) is 3.53. The van der Waals surface area contributed by atoms with E-state index in [1.165, 1.54) is 0 Å². The summed E-state index contributed by atoms with van der Waals surface area (Å²) in [5.74, 6) is 0.284. The minimum atomic E-state index is -0.104. The molecule has 1 aromatic carbocycles. The van der Waals surface area contributed by atoms with Gasteiger partial charge in [-0.05, 0) is 25.8 Å². The van der Waals surface area contributed by atoms with Crippen LogP contribution in [0.4, 0.5) is 0 Å². The van der Waals surface area contributed by atoms with Gasteiger partial charge < -0.3 is 10.8 Å². The minimum Gasteiger partial charge on any atom is -0.508 e. The third-order valence-electron chi connectivity index (χ3n) is 2.26. The van der Waals surface area contributed by atoms with Crippen molar-refractivity contribution in [2.75, 3.05) is 0 Å². The van der Waals surface area contributed by atoms with Gasteiger partial charge in [0.25, 0.3) is 0 Å². The van der Waals surface area contributed by atoms with Gasteiger partial charge in [0.1, 0.15) is 5.75 Å². The molecule has 3 heteroatoms. The van der Waals surface area contributed by atoms with Crippen molar-refractivity contribution in [3.8, 4) is 5.75 Å². The molecule has 0 aliphatic heterocycles. The van der Waals surface area contributed by atoms with E-state index in [0.29, 0.717) is 0 Å². The molecule has 0 saturated carbocycles. The zero-order valence-corrected chi connectivity index (χ0v) is 9.76. The topological polar surface area (TPSA) is 46.2 Å². The molecular formula is C12H18ClNO. The van der Waals surface area contributed by atoms with E-state index in [2.05, 4.69) is 6.58 Å². The third kappa shape index (κ3) is 3.94. The Labute approximate surface area is 97.2 Å². The molecule has 1 aromatic rings. The van der Waals surface area contributed by atoms with Gasteiger partial charge in [-0.15, -0.1) is 19.0 Å². The SMILES string of the molecule is C=CCC[C@@H](N)c1cc(C)ccc1O.Cl. The molecule has 15 heavy (non-hydrogen) atoms. The van der Waals surface area contributed by atoms with E-state index < -0.39 is 0 Å². The second-order valence-corrected chi connectivity index (χ2v) is 3.53. The first-order valence-corrected chi connectivity index (χ1v) is 4.81. The summed E-state index contributed by atoms with van der Waals surface area (Å²) in [5, 5.41) is 9.60. The van der Waals surface area contributed by atoms with Crippen molar-refractivity contribution >= 4 is 12.4 Å². The lowest BCUT2D eigenvalue weighted by molar-refractivity contribution is 0.458. The first kappa shape index (κ1) is 14.0. The van der Waals surface area contributed by atoms with Crippen LogP contribution in [0.25, 0.3) is 0 Å². The molecule has 0 aliphatic carbocycles. The Morgan fingerprint density at radius 3 is 2.80 bits per heavy atom. The van der Waals surface area contributed by atoms with Crippen LogP contribution in [-0.2, 0) is 0 Å². The number of phenolic OH excluding ortho intramolecular Hbond substituents is 1. The monoisotopic (exact) mass is 227 g/mol. The van der Waals surface area contributed by atoms with Crippen LogP contribution in [0.3, 0.4) is 0 Å². The predicted molar refractivity (Wildman–Crippen MR) is 66.5 cm³/mol. The molecule has 84 valence electrons. The molecule has 0 spiro atoms. The zero-order valence-electron chi connectivity index (χ0n) is 8.94. The summed E-state index contributed by atoms with van der Waals surface area (Å²) in [4.78, 5) is 0. The molecule has 0 saturated heterocycles. The molecule has 0 fully saturated rings. The van der Waals surface area contributed by atoms with Crippen LogP contribution >= 0.6 is 12.4 Å². The van der Waals surface area contributed by atoms with Gasteiger partial charge in [0.15, 0.2) is 0 Å². The van der Waals surface area contributed by atoms with Crippen molar-refractivity contribution < 1.29 is 5.11 Å². The van der Waals surface area contributed by atoms with Gasteiger partial charge in [0.2, 0.25) is 0 Å². The second kappa shape index (κ2) is 6.49.